The Morgan fingerprint density at radius 3 is 2.55 bits per heavy atom. The third-order valence-electron chi connectivity index (χ3n) is 4.52. The fourth-order valence-corrected chi connectivity index (χ4v) is 5.32. The maximum atomic E-state index is 13.0. The number of amides is 1. The van der Waals surface area contributed by atoms with Crippen LogP contribution in [0.3, 0.4) is 0 Å². The number of aromatic nitrogens is 1. The Bertz CT molecular complexity index is 1200. The highest BCUT2D eigenvalue weighted by atomic mass is 79.9. The van der Waals surface area contributed by atoms with Gasteiger partial charge in [-0.1, -0.05) is 41.9 Å². The van der Waals surface area contributed by atoms with Gasteiger partial charge in [-0.15, -0.1) is 11.3 Å². The third-order valence-corrected chi connectivity index (χ3v) is 6.67. The van der Waals surface area contributed by atoms with E-state index in [9.17, 15) is 4.79 Å². The summed E-state index contributed by atoms with van der Waals surface area (Å²) in [5, 5.41) is 3.90. The summed E-state index contributed by atoms with van der Waals surface area (Å²) in [6.45, 7) is 4.84. The van der Waals surface area contributed by atoms with E-state index in [1.54, 1.807) is 23.5 Å². The number of ether oxygens (including phenoxy) is 1. The van der Waals surface area contributed by atoms with Crippen LogP contribution in [0.15, 0.2) is 69.6 Å². The molecule has 0 atom stereocenters. The van der Waals surface area contributed by atoms with Gasteiger partial charge in [0, 0.05) is 20.1 Å². The highest BCUT2D eigenvalue weighted by molar-refractivity contribution is 9.11. The minimum Gasteiger partial charge on any atom is -0.493 e. The molecule has 158 valence electrons. The van der Waals surface area contributed by atoms with Gasteiger partial charge in [-0.25, -0.2) is 4.98 Å². The van der Waals surface area contributed by atoms with Crippen molar-refractivity contribution in [1.29, 1.82) is 0 Å². The summed E-state index contributed by atoms with van der Waals surface area (Å²) in [6, 6.07) is 19.1. The van der Waals surface area contributed by atoms with Gasteiger partial charge < -0.3 is 10.1 Å². The summed E-state index contributed by atoms with van der Waals surface area (Å²) < 4.78 is 8.49. The molecule has 0 bridgehead atoms. The van der Waals surface area contributed by atoms with Crippen molar-refractivity contribution in [1.82, 2.24) is 4.98 Å². The van der Waals surface area contributed by atoms with Crippen molar-refractivity contribution in [2.75, 3.05) is 11.9 Å². The predicted molar refractivity (Wildman–Crippen MR) is 135 cm³/mol. The lowest BCUT2D eigenvalue weighted by Gasteiger charge is -2.13. The van der Waals surface area contributed by atoms with E-state index in [4.69, 9.17) is 9.72 Å². The number of benzene rings is 3. The van der Waals surface area contributed by atoms with Crippen LogP contribution in [-0.4, -0.2) is 17.5 Å². The number of rotatable bonds is 6. The molecular formula is C24H20Br2N2O2S. The van der Waals surface area contributed by atoms with E-state index in [2.05, 4.69) is 51.0 Å². The van der Waals surface area contributed by atoms with Gasteiger partial charge in [0.25, 0.3) is 5.91 Å². The zero-order chi connectivity index (χ0) is 22.0. The first-order chi connectivity index (χ1) is 14.9. The van der Waals surface area contributed by atoms with E-state index in [1.165, 1.54) is 0 Å². The number of nitrogens with zero attached hydrogens (tertiary/aromatic N) is 1. The number of carbonyl (C=O) groups excluding carboxylic acids is 1. The zero-order valence-corrected chi connectivity index (χ0v) is 21.0. The molecule has 0 aliphatic carbocycles. The van der Waals surface area contributed by atoms with Crippen LogP contribution in [0.4, 0.5) is 5.69 Å². The number of hydrogen-bond donors (Lipinski definition) is 1. The van der Waals surface area contributed by atoms with E-state index in [-0.39, 0.29) is 5.91 Å². The Balaban J connectivity index is 1.63. The fourth-order valence-electron chi connectivity index (χ4n) is 3.01. The Labute approximate surface area is 201 Å². The van der Waals surface area contributed by atoms with E-state index < -0.39 is 0 Å². The Hall–Kier alpha value is -2.22. The number of thiazole rings is 1. The lowest BCUT2D eigenvalue weighted by Crippen LogP contribution is -2.13. The van der Waals surface area contributed by atoms with Gasteiger partial charge in [0.15, 0.2) is 0 Å². The van der Waals surface area contributed by atoms with Crippen LogP contribution in [0, 0.1) is 5.92 Å². The molecule has 0 aliphatic heterocycles. The van der Waals surface area contributed by atoms with E-state index >= 15 is 0 Å². The molecule has 1 amide bonds. The van der Waals surface area contributed by atoms with Gasteiger partial charge in [-0.05, 0) is 70.4 Å². The molecule has 0 spiro atoms. The van der Waals surface area contributed by atoms with Crippen LogP contribution in [0.5, 0.6) is 5.75 Å². The van der Waals surface area contributed by atoms with Crippen molar-refractivity contribution in [2.45, 2.75) is 13.8 Å². The van der Waals surface area contributed by atoms with E-state index in [0.29, 0.717) is 23.8 Å². The van der Waals surface area contributed by atoms with Crippen LogP contribution in [-0.2, 0) is 0 Å². The summed E-state index contributed by atoms with van der Waals surface area (Å²) in [7, 11) is 0. The summed E-state index contributed by atoms with van der Waals surface area (Å²) in [5.41, 5.74) is 3.04. The minimum atomic E-state index is -0.194. The van der Waals surface area contributed by atoms with Crippen molar-refractivity contribution in [3.05, 3.63) is 75.2 Å². The predicted octanol–water partition coefficient (Wildman–Crippen LogP) is 7.78. The molecule has 0 saturated carbocycles. The highest BCUT2D eigenvalue weighted by Crippen LogP contribution is 2.40. The van der Waals surface area contributed by atoms with Crippen LogP contribution >= 0.6 is 43.2 Å². The smallest absolute Gasteiger partial charge is 0.255 e. The average Bonchev–Trinajstić information content (AvgIpc) is 3.18. The standard InChI is InChI=1S/C24H20Br2N2O2S/c1-14(2)13-30-17-9-7-15(8-10-17)23(29)28-22-18(11-16(25)12-19(22)26)24-27-20-5-3-4-6-21(20)31-24/h3-12,14H,13H2,1-2H3,(H,28,29). The van der Waals surface area contributed by atoms with Gasteiger partial charge in [0.05, 0.1) is 22.5 Å². The second-order valence-electron chi connectivity index (χ2n) is 7.48. The third kappa shape index (κ3) is 5.17. The van der Waals surface area contributed by atoms with Crippen molar-refractivity contribution < 1.29 is 9.53 Å². The Morgan fingerprint density at radius 2 is 1.84 bits per heavy atom. The summed E-state index contributed by atoms with van der Waals surface area (Å²) in [5.74, 6) is 1.00. The number of anilines is 1. The zero-order valence-electron chi connectivity index (χ0n) is 17.0. The van der Waals surface area contributed by atoms with Crippen LogP contribution in [0.2, 0.25) is 0 Å². The van der Waals surface area contributed by atoms with Gasteiger partial charge in [-0.2, -0.15) is 0 Å². The molecule has 0 aliphatic rings. The molecule has 1 N–H and O–H groups in total. The fraction of sp³-hybridized carbons (Fsp3) is 0.167. The number of fused-ring (bicyclic) bond motifs is 1. The SMILES string of the molecule is CC(C)COc1ccc(C(=O)Nc2c(Br)cc(Br)cc2-c2nc3ccccc3s2)cc1. The minimum absolute atomic E-state index is 0.194. The monoisotopic (exact) mass is 558 g/mol. The summed E-state index contributed by atoms with van der Waals surface area (Å²) in [6.07, 6.45) is 0. The normalized spacial score (nSPS) is 11.1. The molecular weight excluding hydrogens is 540 g/mol. The quantitative estimate of drug-likeness (QED) is 0.262. The molecule has 4 nitrogen and oxygen atoms in total. The lowest BCUT2D eigenvalue weighted by molar-refractivity contribution is 0.102. The summed E-state index contributed by atoms with van der Waals surface area (Å²) in [4.78, 5) is 17.7. The number of halogens is 2. The second kappa shape index (κ2) is 9.51. The van der Waals surface area contributed by atoms with Crippen molar-refractivity contribution in [2.24, 2.45) is 5.92 Å². The Morgan fingerprint density at radius 1 is 1.10 bits per heavy atom. The summed E-state index contributed by atoms with van der Waals surface area (Å²) >= 11 is 8.74. The molecule has 1 heterocycles. The molecule has 0 radical (unpaired) electrons. The van der Waals surface area contributed by atoms with Gasteiger partial charge >= 0.3 is 0 Å². The maximum Gasteiger partial charge on any atom is 0.255 e. The number of nitrogens with one attached hydrogen (secondary N) is 1. The molecule has 4 aromatic rings. The van der Waals surface area contributed by atoms with Gasteiger partial charge in [-0.3, -0.25) is 4.79 Å². The molecule has 31 heavy (non-hydrogen) atoms. The van der Waals surface area contributed by atoms with Crippen LogP contribution < -0.4 is 10.1 Å². The van der Waals surface area contributed by atoms with Crippen molar-refractivity contribution in [3.8, 4) is 16.3 Å². The van der Waals surface area contributed by atoms with Crippen molar-refractivity contribution >= 4 is 65.0 Å². The average molecular weight is 560 g/mol. The number of para-hydroxylation sites is 1. The molecule has 0 saturated heterocycles. The van der Waals surface area contributed by atoms with E-state index in [1.807, 2.05) is 48.5 Å². The molecule has 4 rings (SSSR count). The molecule has 0 unspecified atom stereocenters. The van der Waals surface area contributed by atoms with Gasteiger partial charge in [0.2, 0.25) is 0 Å². The first-order valence-corrected chi connectivity index (χ1v) is 12.2. The highest BCUT2D eigenvalue weighted by Gasteiger charge is 2.17. The maximum absolute atomic E-state index is 13.0. The molecule has 7 heteroatoms. The van der Waals surface area contributed by atoms with Crippen LogP contribution in [0.1, 0.15) is 24.2 Å². The Kier molecular flexibility index (Phi) is 6.74. The van der Waals surface area contributed by atoms with Gasteiger partial charge in [0.1, 0.15) is 10.8 Å². The molecule has 1 aromatic heterocycles. The lowest BCUT2D eigenvalue weighted by atomic mass is 10.1. The van der Waals surface area contributed by atoms with E-state index in [0.717, 1.165) is 35.5 Å². The first-order valence-electron chi connectivity index (χ1n) is 9.80. The second-order valence-corrected chi connectivity index (χ2v) is 10.3. The first kappa shape index (κ1) is 22.0. The number of carbonyl (C=O) groups is 1. The largest absolute Gasteiger partial charge is 0.493 e. The van der Waals surface area contributed by atoms with Crippen molar-refractivity contribution in [3.63, 3.8) is 0 Å². The van der Waals surface area contributed by atoms with Crippen LogP contribution in [0.25, 0.3) is 20.8 Å². The molecule has 3 aromatic carbocycles. The molecule has 0 fully saturated rings. The number of hydrogen-bond acceptors (Lipinski definition) is 4. The topological polar surface area (TPSA) is 51.2 Å².